The van der Waals surface area contributed by atoms with E-state index in [1.54, 1.807) is 5.57 Å². The lowest BCUT2D eigenvalue weighted by Gasteiger charge is -2.58. The number of terminal acetylenes is 1. The summed E-state index contributed by atoms with van der Waals surface area (Å²) in [5.74, 6) is 2.19. The summed E-state index contributed by atoms with van der Waals surface area (Å²) in [4.78, 5) is 25.1. The number of nitrogens with zero attached hydrogens (tertiary/aromatic N) is 1. The first-order chi connectivity index (χ1) is 22.2. The molecule has 6 unspecified atom stereocenters. The lowest BCUT2D eigenvalue weighted by molar-refractivity contribution is -0.0975. The Hall–Kier alpha value is -4.55. The maximum Gasteiger partial charge on any atom is 0.202 e. The highest BCUT2D eigenvalue weighted by molar-refractivity contribution is 6.32. The first-order valence-electron chi connectivity index (χ1n) is 16.2. The summed E-state index contributed by atoms with van der Waals surface area (Å²) in [5.41, 5.74) is 0.946. The predicted molar refractivity (Wildman–Crippen MR) is 172 cm³/mol. The van der Waals surface area contributed by atoms with Gasteiger partial charge >= 0.3 is 0 Å². The zero-order chi connectivity index (χ0) is 33.8. The van der Waals surface area contributed by atoms with E-state index in [2.05, 4.69) is 31.0 Å². The number of hydrogen-bond donors (Lipinski definition) is 5. The van der Waals surface area contributed by atoms with Crippen molar-refractivity contribution < 1.29 is 39.6 Å². The minimum absolute atomic E-state index is 0.114. The Morgan fingerprint density at radius 3 is 2.02 bits per heavy atom. The van der Waals surface area contributed by atoms with Crippen LogP contribution in [0, 0.1) is 54.8 Å². The number of carbonyl (C=O) groups excluding carboxylic acids is 2. The predicted octanol–water partition coefficient (Wildman–Crippen LogP) is 6.12. The van der Waals surface area contributed by atoms with Crippen molar-refractivity contribution in [1.82, 2.24) is 5.16 Å². The normalized spacial score (nSPS) is 31.5. The van der Waals surface area contributed by atoms with Crippen LogP contribution in [0.25, 0.3) is 6.08 Å². The van der Waals surface area contributed by atoms with Gasteiger partial charge in [0.1, 0.15) is 28.6 Å². The van der Waals surface area contributed by atoms with Crippen LogP contribution in [0.1, 0.15) is 107 Å². The zero-order valence-electron chi connectivity index (χ0n) is 27.0. The Bertz CT molecular complexity index is 1890. The molecule has 5 aliphatic rings. The Morgan fingerprint density at radius 1 is 0.872 bits per heavy atom. The van der Waals surface area contributed by atoms with E-state index >= 15 is 0 Å². The fraction of sp³-hybridized carbons (Fsp3) is 0.447. The summed E-state index contributed by atoms with van der Waals surface area (Å²) in [7, 11) is 0. The van der Waals surface area contributed by atoms with Gasteiger partial charge in [-0.2, -0.15) is 0 Å². The second-order valence-corrected chi connectivity index (χ2v) is 14.7. The van der Waals surface area contributed by atoms with Gasteiger partial charge in [-0.1, -0.05) is 30.5 Å². The number of benzene rings is 2. The minimum atomic E-state index is -0.909. The van der Waals surface area contributed by atoms with Gasteiger partial charge in [0.05, 0.1) is 28.5 Å². The van der Waals surface area contributed by atoms with E-state index < -0.39 is 40.2 Å². The Kier molecular flexibility index (Phi) is 6.76. The number of aliphatic hydroxyl groups is 1. The summed E-state index contributed by atoms with van der Waals surface area (Å²) in [6.07, 6.45) is 17.4. The van der Waals surface area contributed by atoms with Crippen LogP contribution in [0.5, 0.6) is 23.0 Å². The fourth-order valence-electron chi connectivity index (χ4n) is 9.87. The molecule has 3 fully saturated rings. The third-order valence-electron chi connectivity index (χ3n) is 12.5. The average Bonchev–Trinajstić information content (AvgIpc) is 3.59. The number of ketones is 2. The van der Waals surface area contributed by atoms with Gasteiger partial charge in [0.25, 0.3) is 0 Å². The van der Waals surface area contributed by atoms with Crippen LogP contribution in [0.15, 0.2) is 28.4 Å². The maximum absolute atomic E-state index is 12.6. The molecule has 8 rings (SSSR count). The average molecular weight is 638 g/mol. The number of hydrogen-bond acceptors (Lipinski definition) is 9. The second kappa shape index (κ2) is 10.2. The van der Waals surface area contributed by atoms with E-state index in [1.165, 1.54) is 25.8 Å². The minimum Gasteiger partial charge on any atom is -0.507 e. The zero-order valence-corrected chi connectivity index (χ0v) is 27.0. The summed E-state index contributed by atoms with van der Waals surface area (Å²) in [6, 6.07) is 2.33. The van der Waals surface area contributed by atoms with Gasteiger partial charge in [-0.25, -0.2) is 0 Å². The van der Waals surface area contributed by atoms with Gasteiger partial charge in [0.2, 0.25) is 11.6 Å². The van der Waals surface area contributed by atoms with Gasteiger partial charge in [0, 0.05) is 11.0 Å². The van der Waals surface area contributed by atoms with E-state index in [0.29, 0.717) is 17.8 Å². The lowest BCUT2D eigenvalue weighted by atomic mass is 9.46. The van der Waals surface area contributed by atoms with Crippen LogP contribution in [0.3, 0.4) is 0 Å². The standard InChI is InChI=1S/C22H27NO2.C16H12O6/c1-4-22(24)10-8-18-16-6-5-15-11-19-14(13-23-25-19)12-20(15,2)17(16)7-9-21(18,22)3;1-5-3-7(17)9-11(13(5)19)15(21)10-8(18)4-6(2)14(20)12(10)16(9)22/h1,11,13,16-18,24H,5-10,12H2,2-3H3;3-4,17-20H,1-2H3. The Labute approximate surface area is 272 Å². The van der Waals surface area contributed by atoms with E-state index in [9.17, 15) is 35.1 Å². The quantitative estimate of drug-likeness (QED) is 0.113. The molecule has 0 spiro atoms. The maximum atomic E-state index is 12.6. The van der Waals surface area contributed by atoms with Gasteiger partial charge in [-0.15, -0.1) is 6.42 Å². The number of phenolic OH excluding ortho intramolecular Hbond substituents is 4. The molecule has 1 aromatic heterocycles. The number of rotatable bonds is 0. The van der Waals surface area contributed by atoms with E-state index in [1.807, 2.05) is 6.20 Å². The molecule has 1 heterocycles. The molecule has 0 bridgehead atoms. The third-order valence-corrected chi connectivity index (χ3v) is 12.5. The van der Waals surface area contributed by atoms with Crippen molar-refractivity contribution in [3.05, 3.63) is 68.6 Å². The molecule has 3 saturated carbocycles. The molecule has 9 nitrogen and oxygen atoms in total. The number of allylic oxidation sites excluding steroid dienone is 1. The highest BCUT2D eigenvalue weighted by Gasteiger charge is 2.63. The molecular formula is C38H39NO8. The first-order valence-corrected chi connectivity index (χ1v) is 16.2. The van der Waals surface area contributed by atoms with Gasteiger partial charge < -0.3 is 30.1 Å². The molecule has 244 valence electrons. The van der Waals surface area contributed by atoms with Gasteiger partial charge in [-0.3, -0.25) is 9.59 Å². The number of aromatic nitrogens is 1. The number of carbonyl (C=O) groups is 2. The van der Waals surface area contributed by atoms with Crippen molar-refractivity contribution in [1.29, 1.82) is 0 Å². The van der Waals surface area contributed by atoms with Crippen molar-refractivity contribution >= 4 is 17.6 Å². The van der Waals surface area contributed by atoms with Crippen LogP contribution in [0.2, 0.25) is 0 Å². The van der Waals surface area contributed by atoms with Crippen LogP contribution in [-0.2, 0) is 6.42 Å². The molecule has 0 aliphatic heterocycles. The molecule has 5 N–H and O–H groups in total. The van der Waals surface area contributed by atoms with Crippen LogP contribution in [-0.4, -0.2) is 47.9 Å². The van der Waals surface area contributed by atoms with Crippen molar-refractivity contribution in [3.8, 4) is 35.3 Å². The van der Waals surface area contributed by atoms with Crippen LogP contribution < -0.4 is 0 Å². The molecule has 3 aromatic rings. The summed E-state index contributed by atoms with van der Waals surface area (Å²) in [5, 5.41) is 55.2. The lowest BCUT2D eigenvalue weighted by Crippen LogP contribution is -2.54. The summed E-state index contributed by atoms with van der Waals surface area (Å²) in [6.45, 7) is 7.65. The summed E-state index contributed by atoms with van der Waals surface area (Å²) < 4.78 is 5.43. The molecular weight excluding hydrogens is 598 g/mol. The third kappa shape index (κ3) is 4.10. The Balaban J connectivity index is 0.000000151. The van der Waals surface area contributed by atoms with Crippen LogP contribution in [0.4, 0.5) is 0 Å². The van der Waals surface area contributed by atoms with Gasteiger partial charge in [0.15, 0.2) is 5.76 Å². The highest BCUT2D eigenvalue weighted by atomic mass is 16.5. The number of aryl methyl sites for hydroxylation is 2. The van der Waals surface area contributed by atoms with E-state index in [4.69, 9.17) is 10.9 Å². The number of aromatic hydroxyl groups is 4. The van der Waals surface area contributed by atoms with Crippen molar-refractivity contribution in [2.75, 3.05) is 0 Å². The largest absolute Gasteiger partial charge is 0.507 e. The van der Waals surface area contributed by atoms with Gasteiger partial charge in [-0.05, 0) is 111 Å². The molecule has 5 aliphatic carbocycles. The molecule has 47 heavy (non-hydrogen) atoms. The monoisotopic (exact) mass is 637 g/mol. The van der Waals surface area contributed by atoms with Crippen molar-refractivity contribution in [2.45, 2.75) is 78.2 Å². The molecule has 0 amide bonds. The molecule has 2 aromatic carbocycles. The SMILES string of the molecule is C#CC1(O)CCC2C3CCC4=Cc5oncc5CC4(C)C3CCC21C.Cc1cc(O)c2c(c1O)C(=O)c1c(O)cc(C)c(O)c1C2=O. The Morgan fingerprint density at radius 2 is 1.45 bits per heavy atom. The van der Waals surface area contributed by atoms with Crippen molar-refractivity contribution in [2.24, 2.45) is 28.6 Å². The molecule has 0 radical (unpaired) electrons. The first kappa shape index (κ1) is 31.1. The molecule has 6 atom stereocenters. The molecule has 9 heteroatoms. The topological polar surface area (TPSA) is 161 Å². The van der Waals surface area contributed by atoms with E-state index in [0.717, 1.165) is 56.4 Å². The number of fused-ring (bicyclic) bond motifs is 8. The number of phenols is 4. The smallest absolute Gasteiger partial charge is 0.202 e. The van der Waals surface area contributed by atoms with Crippen LogP contribution >= 0.6 is 0 Å². The van der Waals surface area contributed by atoms with E-state index in [-0.39, 0.29) is 44.2 Å². The molecule has 0 saturated heterocycles. The van der Waals surface area contributed by atoms with Crippen molar-refractivity contribution in [3.63, 3.8) is 0 Å². The fourth-order valence-corrected chi connectivity index (χ4v) is 9.87. The summed E-state index contributed by atoms with van der Waals surface area (Å²) >= 11 is 0. The second-order valence-electron chi connectivity index (χ2n) is 14.7. The highest BCUT2D eigenvalue weighted by Crippen LogP contribution is 2.67.